The van der Waals surface area contributed by atoms with Gasteiger partial charge in [-0.1, -0.05) is 83.3 Å². The van der Waals surface area contributed by atoms with Crippen LogP contribution >= 0.6 is 11.8 Å². The number of ether oxygens (including phenoxy) is 2. The highest BCUT2D eigenvalue weighted by atomic mass is 32.2. The van der Waals surface area contributed by atoms with E-state index in [-0.39, 0.29) is 17.1 Å². The van der Waals surface area contributed by atoms with E-state index in [0.29, 0.717) is 6.10 Å². The van der Waals surface area contributed by atoms with Crippen LogP contribution < -0.4 is 0 Å². The molecule has 3 atom stereocenters. The van der Waals surface area contributed by atoms with Crippen LogP contribution in [0.25, 0.3) is 0 Å². The van der Waals surface area contributed by atoms with E-state index in [1.54, 1.807) is 0 Å². The number of rotatable bonds is 7. The van der Waals surface area contributed by atoms with Crippen LogP contribution in [0.15, 0.2) is 35.2 Å². The molecule has 0 amide bonds. The molecule has 23 heavy (non-hydrogen) atoms. The Labute approximate surface area is 146 Å². The Hall–Kier alpha value is -0.510. The second-order valence-corrected chi connectivity index (χ2v) is 8.77. The highest BCUT2D eigenvalue weighted by Gasteiger charge is 2.37. The van der Waals surface area contributed by atoms with Gasteiger partial charge in [0.25, 0.3) is 0 Å². The summed E-state index contributed by atoms with van der Waals surface area (Å²) in [4.78, 5) is 1.27. The van der Waals surface area contributed by atoms with Gasteiger partial charge >= 0.3 is 0 Å². The number of unbranched alkanes of at least 4 members (excludes halogenated alkanes) is 3. The molecule has 0 N–H and O–H groups in total. The first-order valence-electron chi connectivity index (χ1n) is 9.01. The Morgan fingerprint density at radius 2 is 1.78 bits per heavy atom. The fourth-order valence-electron chi connectivity index (χ4n) is 2.79. The fraction of sp³-hybridized carbons (Fsp3) is 0.700. The first-order chi connectivity index (χ1) is 11.0. The molecule has 3 heteroatoms. The molecule has 0 saturated carbocycles. The zero-order chi connectivity index (χ0) is 16.7. The topological polar surface area (TPSA) is 18.5 Å². The van der Waals surface area contributed by atoms with E-state index in [9.17, 15) is 0 Å². The van der Waals surface area contributed by atoms with E-state index in [1.165, 1.54) is 30.6 Å². The van der Waals surface area contributed by atoms with Gasteiger partial charge in [-0.15, -0.1) is 0 Å². The van der Waals surface area contributed by atoms with Gasteiger partial charge in [0.1, 0.15) is 5.44 Å². The predicted octanol–water partition coefficient (Wildman–Crippen LogP) is 6.25. The molecule has 1 aliphatic heterocycles. The van der Waals surface area contributed by atoms with Crippen molar-refractivity contribution in [1.29, 1.82) is 0 Å². The number of thioether (sulfide) groups is 1. The van der Waals surface area contributed by atoms with Gasteiger partial charge in [0.15, 0.2) is 6.29 Å². The molecule has 0 unspecified atom stereocenters. The largest absolute Gasteiger partial charge is 0.349 e. The Bertz CT molecular complexity index is 441. The third kappa shape index (κ3) is 6.48. The molecule has 1 saturated heterocycles. The second kappa shape index (κ2) is 9.10. The van der Waals surface area contributed by atoms with Crippen LogP contribution in [0.1, 0.15) is 66.2 Å². The maximum absolute atomic E-state index is 6.26. The Morgan fingerprint density at radius 3 is 2.43 bits per heavy atom. The van der Waals surface area contributed by atoms with E-state index in [4.69, 9.17) is 9.47 Å². The normalized spacial score (nSPS) is 25.5. The van der Waals surface area contributed by atoms with Gasteiger partial charge < -0.3 is 9.47 Å². The van der Waals surface area contributed by atoms with Gasteiger partial charge in [0, 0.05) is 16.7 Å². The maximum atomic E-state index is 6.26. The molecular formula is C20H32O2S. The molecule has 1 aliphatic rings. The first kappa shape index (κ1) is 18.8. The lowest BCUT2D eigenvalue weighted by Gasteiger charge is -2.41. The molecule has 0 spiro atoms. The van der Waals surface area contributed by atoms with E-state index < -0.39 is 0 Å². The van der Waals surface area contributed by atoms with Crippen molar-refractivity contribution in [2.24, 2.45) is 5.41 Å². The number of hydrogen-bond donors (Lipinski definition) is 0. The lowest BCUT2D eigenvalue weighted by molar-refractivity contribution is -0.262. The van der Waals surface area contributed by atoms with E-state index in [2.05, 4.69) is 58.0 Å². The van der Waals surface area contributed by atoms with Crippen molar-refractivity contribution in [3.8, 4) is 0 Å². The molecule has 0 aliphatic carbocycles. The van der Waals surface area contributed by atoms with Crippen LogP contribution in [0, 0.1) is 5.41 Å². The van der Waals surface area contributed by atoms with Gasteiger partial charge in [-0.2, -0.15) is 0 Å². The molecule has 0 aromatic heterocycles. The van der Waals surface area contributed by atoms with Gasteiger partial charge in [0.2, 0.25) is 0 Å². The van der Waals surface area contributed by atoms with Gasteiger partial charge in [-0.05, 0) is 18.6 Å². The molecule has 1 fully saturated rings. The molecule has 1 aromatic carbocycles. The average molecular weight is 337 g/mol. The zero-order valence-corrected chi connectivity index (χ0v) is 15.9. The van der Waals surface area contributed by atoms with Gasteiger partial charge in [0.05, 0.1) is 6.10 Å². The second-order valence-electron chi connectivity index (χ2n) is 7.54. The average Bonchev–Trinajstić information content (AvgIpc) is 2.51. The minimum absolute atomic E-state index is 0.0115. The quantitative estimate of drug-likeness (QED) is 0.548. The predicted molar refractivity (Wildman–Crippen MR) is 98.7 cm³/mol. The summed E-state index contributed by atoms with van der Waals surface area (Å²) >= 11 is 1.83. The molecule has 1 heterocycles. The summed E-state index contributed by atoms with van der Waals surface area (Å²) < 4.78 is 12.5. The van der Waals surface area contributed by atoms with Crippen molar-refractivity contribution in [2.45, 2.75) is 88.9 Å². The molecule has 1 aromatic rings. The smallest absolute Gasteiger partial charge is 0.164 e. The van der Waals surface area contributed by atoms with Crippen molar-refractivity contribution in [3.63, 3.8) is 0 Å². The lowest BCUT2D eigenvalue weighted by atomic mass is 9.94. The summed E-state index contributed by atoms with van der Waals surface area (Å²) in [7, 11) is 0. The Morgan fingerprint density at radius 1 is 1.04 bits per heavy atom. The van der Waals surface area contributed by atoms with Crippen molar-refractivity contribution in [2.75, 3.05) is 0 Å². The van der Waals surface area contributed by atoms with Crippen LogP contribution in [0.3, 0.4) is 0 Å². The molecule has 130 valence electrons. The van der Waals surface area contributed by atoms with Crippen molar-refractivity contribution in [1.82, 2.24) is 0 Å². The minimum Gasteiger partial charge on any atom is -0.349 e. The van der Waals surface area contributed by atoms with Crippen LogP contribution in [0.5, 0.6) is 0 Å². The van der Waals surface area contributed by atoms with E-state index in [1.807, 2.05) is 11.8 Å². The van der Waals surface area contributed by atoms with Crippen molar-refractivity contribution >= 4 is 11.8 Å². The van der Waals surface area contributed by atoms with Gasteiger partial charge in [-0.25, -0.2) is 0 Å². The van der Waals surface area contributed by atoms with Gasteiger partial charge in [-0.3, -0.25) is 0 Å². The summed E-state index contributed by atoms with van der Waals surface area (Å²) in [5.41, 5.74) is 0.198. The fourth-order valence-corrected chi connectivity index (χ4v) is 3.88. The van der Waals surface area contributed by atoms with Crippen molar-refractivity contribution in [3.05, 3.63) is 30.3 Å². The summed E-state index contributed by atoms with van der Waals surface area (Å²) in [5.74, 6) is 0. The Balaban J connectivity index is 1.94. The highest BCUT2D eigenvalue weighted by Crippen LogP contribution is 2.38. The lowest BCUT2D eigenvalue weighted by Crippen LogP contribution is -2.43. The molecule has 2 nitrogen and oxygen atoms in total. The van der Waals surface area contributed by atoms with E-state index in [0.717, 1.165) is 12.8 Å². The van der Waals surface area contributed by atoms with Crippen molar-refractivity contribution < 1.29 is 9.47 Å². The summed E-state index contributed by atoms with van der Waals surface area (Å²) in [6, 6.07) is 10.6. The standard InChI is InChI=1S/C20H32O2S/c1-5-6-7-9-12-16-15-18(22-19(21-16)20(2,3)4)23-17-13-10-8-11-14-17/h8,10-11,13-14,16,18-19H,5-7,9,12,15H2,1-4H3/t16-,18+,19-/m0/s1. The molecule has 0 radical (unpaired) electrons. The summed E-state index contributed by atoms with van der Waals surface area (Å²) in [5, 5.41) is 0. The highest BCUT2D eigenvalue weighted by molar-refractivity contribution is 7.99. The third-order valence-corrected chi connectivity index (χ3v) is 5.26. The van der Waals surface area contributed by atoms with Crippen LogP contribution in [0.4, 0.5) is 0 Å². The Kier molecular flexibility index (Phi) is 7.45. The van der Waals surface area contributed by atoms with Crippen LogP contribution in [-0.4, -0.2) is 17.8 Å². The molecular weight excluding hydrogens is 304 g/mol. The first-order valence-corrected chi connectivity index (χ1v) is 9.89. The number of hydrogen-bond acceptors (Lipinski definition) is 3. The third-order valence-electron chi connectivity index (χ3n) is 4.14. The minimum atomic E-state index is -0.117. The SMILES string of the molecule is CCCCCC[C@H]1C[C@@H](Sc2ccccc2)O[C@@H](C(C)(C)C)O1. The van der Waals surface area contributed by atoms with Crippen LogP contribution in [0.2, 0.25) is 0 Å². The maximum Gasteiger partial charge on any atom is 0.164 e. The molecule has 2 rings (SSSR count). The molecule has 0 bridgehead atoms. The van der Waals surface area contributed by atoms with E-state index >= 15 is 0 Å². The van der Waals surface area contributed by atoms with Crippen LogP contribution in [-0.2, 0) is 9.47 Å². The summed E-state index contributed by atoms with van der Waals surface area (Å²) in [6.07, 6.45) is 7.53. The summed E-state index contributed by atoms with van der Waals surface area (Å²) in [6.45, 7) is 8.84. The number of benzene rings is 1. The monoisotopic (exact) mass is 336 g/mol. The zero-order valence-electron chi connectivity index (χ0n) is 15.1.